The Morgan fingerprint density at radius 2 is 1.47 bits per heavy atom. The number of hydrogen-bond donors (Lipinski definition) is 3. The molecule has 2 aromatic carbocycles. The minimum Gasteiger partial charge on any atom is -0.399 e. The Bertz CT molecular complexity index is 586. The lowest BCUT2D eigenvalue weighted by Gasteiger charge is -2.16. The van der Waals surface area contributed by atoms with Crippen LogP contribution < -0.4 is 17.2 Å². The van der Waals surface area contributed by atoms with Crippen LogP contribution in [-0.4, -0.2) is 0 Å². The Morgan fingerprint density at radius 3 is 2.00 bits per heavy atom. The molecule has 0 bridgehead atoms. The Kier molecular flexibility index (Phi) is 3.65. The van der Waals surface area contributed by atoms with Crippen LogP contribution in [0.1, 0.15) is 25.0 Å². The van der Waals surface area contributed by atoms with E-state index in [4.69, 9.17) is 17.2 Å². The van der Waals surface area contributed by atoms with Gasteiger partial charge in [-0.15, -0.1) is 0 Å². The van der Waals surface area contributed by atoms with Gasteiger partial charge >= 0.3 is 0 Å². The molecule has 100 valence electrons. The second kappa shape index (κ2) is 5.22. The molecule has 3 nitrogen and oxygen atoms in total. The molecule has 2 rings (SSSR count). The number of hydrogen-bond acceptors (Lipinski definition) is 3. The average Bonchev–Trinajstić information content (AvgIpc) is 2.41. The van der Waals surface area contributed by atoms with Crippen molar-refractivity contribution in [3.8, 4) is 11.1 Å². The van der Waals surface area contributed by atoms with Crippen molar-refractivity contribution in [1.82, 2.24) is 0 Å². The van der Waals surface area contributed by atoms with Gasteiger partial charge in [-0.1, -0.05) is 26.0 Å². The fourth-order valence-corrected chi connectivity index (χ4v) is 2.41. The van der Waals surface area contributed by atoms with E-state index in [1.807, 2.05) is 24.3 Å². The molecule has 0 radical (unpaired) electrons. The van der Waals surface area contributed by atoms with Crippen LogP contribution in [0.4, 0.5) is 17.1 Å². The molecule has 6 N–H and O–H groups in total. The quantitative estimate of drug-likeness (QED) is 0.737. The first-order chi connectivity index (χ1) is 9.08. The van der Waals surface area contributed by atoms with Gasteiger partial charge in [-0.2, -0.15) is 0 Å². The molecule has 19 heavy (non-hydrogen) atoms. The van der Waals surface area contributed by atoms with Gasteiger partial charge in [0.05, 0.1) is 0 Å². The fourth-order valence-electron chi connectivity index (χ4n) is 2.41. The van der Waals surface area contributed by atoms with E-state index in [1.54, 1.807) is 0 Å². The zero-order chi connectivity index (χ0) is 14.0. The van der Waals surface area contributed by atoms with Crippen LogP contribution in [0.5, 0.6) is 0 Å². The number of benzene rings is 2. The first-order valence-electron chi connectivity index (χ1n) is 6.64. The van der Waals surface area contributed by atoms with Crippen LogP contribution in [0.15, 0.2) is 30.3 Å². The van der Waals surface area contributed by atoms with Crippen molar-refractivity contribution in [2.75, 3.05) is 17.2 Å². The summed E-state index contributed by atoms with van der Waals surface area (Å²) in [6.07, 6.45) is 1.74. The first-order valence-corrected chi connectivity index (χ1v) is 6.64. The van der Waals surface area contributed by atoms with E-state index in [-0.39, 0.29) is 0 Å². The largest absolute Gasteiger partial charge is 0.399 e. The lowest BCUT2D eigenvalue weighted by Crippen LogP contribution is -2.05. The molecule has 0 saturated heterocycles. The number of anilines is 3. The van der Waals surface area contributed by atoms with Crippen LogP contribution in [0.2, 0.25) is 0 Å². The maximum absolute atomic E-state index is 6.28. The third kappa shape index (κ3) is 2.36. The van der Waals surface area contributed by atoms with Crippen molar-refractivity contribution in [3.63, 3.8) is 0 Å². The van der Waals surface area contributed by atoms with Gasteiger partial charge in [0, 0.05) is 22.6 Å². The highest BCUT2D eigenvalue weighted by molar-refractivity contribution is 5.84. The van der Waals surface area contributed by atoms with E-state index in [2.05, 4.69) is 19.9 Å². The number of nitrogens with two attached hydrogens (primary N) is 3. The van der Waals surface area contributed by atoms with Crippen molar-refractivity contribution >= 4 is 17.1 Å². The molecule has 0 atom stereocenters. The predicted molar refractivity (Wildman–Crippen MR) is 83.9 cm³/mol. The van der Waals surface area contributed by atoms with Gasteiger partial charge in [-0.05, 0) is 47.7 Å². The summed E-state index contributed by atoms with van der Waals surface area (Å²) in [7, 11) is 0. The summed E-state index contributed by atoms with van der Waals surface area (Å²) in [4.78, 5) is 0. The molecular weight excluding hydrogens is 234 g/mol. The third-order valence-electron chi connectivity index (χ3n) is 3.56. The van der Waals surface area contributed by atoms with Gasteiger partial charge < -0.3 is 17.2 Å². The van der Waals surface area contributed by atoms with Crippen LogP contribution in [0.25, 0.3) is 11.1 Å². The molecule has 2 aromatic rings. The summed E-state index contributed by atoms with van der Waals surface area (Å²) in [5.41, 5.74) is 24.9. The highest BCUT2D eigenvalue weighted by atomic mass is 14.6. The average molecular weight is 255 g/mol. The zero-order valence-electron chi connectivity index (χ0n) is 11.5. The highest BCUT2D eigenvalue weighted by Gasteiger charge is 2.13. The summed E-state index contributed by atoms with van der Waals surface area (Å²) >= 11 is 0. The van der Waals surface area contributed by atoms with Crippen molar-refractivity contribution in [2.45, 2.75) is 26.7 Å². The van der Waals surface area contributed by atoms with Crippen molar-refractivity contribution < 1.29 is 0 Å². The van der Waals surface area contributed by atoms with Gasteiger partial charge in [0.2, 0.25) is 0 Å². The molecule has 0 amide bonds. The summed E-state index contributed by atoms with van der Waals surface area (Å²) < 4.78 is 0. The SMILES string of the molecule is CCc1cc(-c2ccc(N)cc2)c(N)c(CC)c1N. The predicted octanol–water partition coefficient (Wildman–Crippen LogP) is 3.23. The van der Waals surface area contributed by atoms with Gasteiger partial charge in [0.15, 0.2) is 0 Å². The van der Waals surface area contributed by atoms with Crippen LogP contribution in [-0.2, 0) is 12.8 Å². The van der Waals surface area contributed by atoms with E-state index in [0.29, 0.717) is 0 Å². The summed E-state index contributed by atoms with van der Waals surface area (Å²) in [6, 6.07) is 9.87. The highest BCUT2D eigenvalue weighted by Crippen LogP contribution is 2.35. The number of nitrogen functional groups attached to an aromatic ring is 3. The molecule has 0 heterocycles. The van der Waals surface area contributed by atoms with Gasteiger partial charge in [0.1, 0.15) is 0 Å². The monoisotopic (exact) mass is 255 g/mol. The molecule has 0 aliphatic rings. The lowest BCUT2D eigenvalue weighted by molar-refractivity contribution is 1.10. The molecule has 0 aromatic heterocycles. The topological polar surface area (TPSA) is 78.1 Å². The van der Waals surface area contributed by atoms with Gasteiger partial charge in [-0.3, -0.25) is 0 Å². The summed E-state index contributed by atoms with van der Waals surface area (Å²) in [5.74, 6) is 0. The van der Waals surface area contributed by atoms with E-state index in [1.165, 1.54) is 0 Å². The Labute approximate surface area is 114 Å². The molecule has 0 saturated carbocycles. The maximum atomic E-state index is 6.28. The molecule has 0 aliphatic heterocycles. The van der Waals surface area contributed by atoms with Crippen molar-refractivity contribution in [3.05, 3.63) is 41.5 Å². The second-order valence-corrected chi connectivity index (χ2v) is 4.72. The van der Waals surface area contributed by atoms with Crippen molar-refractivity contribution in [1.29, 1.82) is 0 Å². The van der Waals surface area contributed by atoms with Crippen LogP contribution >= 0.6 is 0 Å². The third-order valence-corrected chi connectivity index (χ3v) is 3.56. The van der Waals surface area contributed by atoms with Gasteiger partial charge in [0.25, 0.3) is 0 Å². The zero-order valence-corrected chi connectivity index (χ0v) is 11.5. The number of rotatable bonds is 3. The Balaban J connectivity index is 2.66. The fraction of sp³-hybridized carbons (Fsp3) is 0.250. The van der Waals surface area contributed by atoms with Crippen molar-refractivity contribution in [2.24, 2.45) is 0 Å². The number of aryl methyl sites for hydroxylation is 1. The molecule has 0 unspecified atom stereocenters. The van der Waals surface area contributed by atoms with E-state index in [9.17, 15) is 0 Å². The van der Waals surface area contributed by atoms with E-state index >= 15 is 0 Å². The summed E-state index contributed by atoms with van der Waals surface area (Å²) in [6.45, 7) is 4.18. The minimum atomic E-state index is 0.754. The molecule has 0 fully saturated rings. The summed E-state index contributed by atoms with van der Waals surface area (Å²) in [5, 5.41) is 0. The molecule has 0 aliphatic carbocycles. The lowest BCUT2D eigenvalue weighted by atomic mass is 9.93. The Hall–Kier alpha value is -2.16. The van der Waals surface area contributed by atoms with E-state index in [0.717, 1.165) is 52.2 Å². The van der Waals surface area contributed by atoms with E-state index < -0.39 is 0 Å². The Morgan fingerprint density at radius 1 is 0.842 bits per heavy atom. The molecule has 3 heteroatoms. The van der Waals surface area contributed by atoms with Crippen LogP contribution in [0.3, 0.4) is 0 Å². The van der Waals surface area contributed by atoms with Gasteiger partial charge in [-0.25, -0.2) is 0 Å². The molecular formula is C16H21N3. The smallest absolute Gasteiger partial charge is 0.0447 e. The standard InChI is InChI=1S/C16H21N3/c1-3-10-9-14(11-5-7-12(17)8-6-11)16(19)13(4-2)15(10)18/h5-9H,3-4,17-19H2,1-2H3. The normalized spacial score (nSPS) is 10.6. The minimum absolute atomic E-state index is 0.754. The second-order valence-electron chi connectivity index (χ2n) is 4.72. The first kappa shape index (κ1) is 13.3. The molecule has 0 spiro atoms. The maximum Gasteiger partial charge on any atom is 0.0447 e. The van der Waals surface area contributed by atoms with Crippen LogP contribution in [0, 0.1) is 0 Å².